The third-order valence-electron chi connectivity index (χ3n) is 3.82. The molecule has 1 aromatic carbocycles. The third-order valence-corrected chi connectivity index (χ3v) is 4.06. The topological polar surface area (TPSA) is 77.3 Å². The van der Waals surface area contributed by atoms with Gasteiger partial charge in [-0.25, -0.2) is 4.98 Å². The van der Waals surface area contributed by atoms with Crippen molar-refractivity contribution >= 4 is 23.1 Å². The molecule has 6 nitrogen and oxygen atoms in total. The lowest BCUT2D eigenvalue weighted by Gasteiger charge is -2.19. The maximum absolute atomic E-state index is 10.9. The molecular formula is C16H16ClN3O3. The van der Waals surface area contributed by atoms with Gasteiger partial charge in [0, 0.05) is 16.7 Å². The second-order valence-corrected chi connectivity index (χ2v) is 5.86. The summed E-state index contributed by atoms with van der Waals surface area (Å²) >= 11 is 6.03. The van der Waals surface area contributed by atoms with E-state index in [1.807, 2.05) is 18.2 Å². The van der Waals surface area contributed by atoms with Crippen LogP contribution in [0.5, 0.6) is 5.75 Å². The first-order valence-electron chi connectivity index (χ1n) is 7.35. The lowest BCUT2D eigenvalue weighted by Crippen LogP contribution is -2.12. The zero-order valence-electron chi connectivity index (χ0n) is 12.6. The molecule has 2 aromatic rings. The number of nitro groups is 1. The van der Waals surface area contributed by atoms with Gasteiger partial charge in [-0.3, -0.25) is 10.1 Å². The number of benzene rings is 1. The number of hydrogen-bond donors (Lipinski definition) is 1. The fourth-order valence-corrected chi connectivity index (χ4v) is 2.86. The molecule has 0 fully saturated rings. The maximum atomic E-state index is 10.9. The summed E-state index contributed by atoms with van der Waals surface area (Å²) in [7, 11) is 0. The number of anilines is 1. The molecule has 0 amide bonds. The van der Waals surface area contributed by atoms with Crippen LogP contribution in [0.2, 0.25) is 5.02 Å². The first-order valence-corrected chi connectivity index (χ1v) is 7.73. The number of aryl methyl sites for hydroxylation is 1. The number of nitrogens with zero attached hydrogens (tertiary/aromatic N) is 2. The van der Waals surface area contributed by atoms with E-state index in [9.17, 15) is 10.1 Å². The van der Waals surface area contributed by atoms with Crippen molar-refractivity contribution in [3.63, 3.8) is 0 Å². The summed E-state index contributed by atoms with van der Waals surface area (Å²) in [4.78, 5) is 14.7. The summed E-state index contributed by atoms with van der Waals surface area (Å²) in [6, 6.07) is 8.72. The molecule has 3 rings (SSSR count). The predicted molar refractivity (Wildman–Crippen MR) is 88.2 cm³/mol. The summed E-state index contributed by atoms with van der Waals surface area (Å²) in [6.07, 6.45) is 1.78. The van der Waals surface area contributed by atoms with Crippen LogP contribution in [-0.2, 0) is 0 Å². The highest BCUT2D eigenvalue weighted by Crippen LogP contribution is 2.35. The molecule has 23 heavy (non-hydrogen) atoms. The largest absolute Gasteiger partial charge is 0.493 e. The molecule has 2 heterocycles. The average molecular weight is 334 g/mol. The van der Waals surface area contributed by atoms with Crippen LogP contribution in [0.4, 0.5) is 11.5 Å². The normalized spacial score (nSPS) is 16.9. The monoisotopic (exact) mass is 333 g/mol. The fraction of sp³-hybridized carbons (Fsp3) is 0.312. The highest BCUT2D eigenvalue weighted by atomic mass is 35.5. The van der Waals surface area contributed by atoms with Crippen LogP contribution in [-0.4, -0.2) is 16.5 Å². The molecule has 0 saturated heterocycles. The van der Waals surface area contributed by atoms with E-state index in [0.717, 1.165) is 24.2 Å². The van der Waals surface area contributed by atoms with Gasteiger partial charge < -0.3 is 10.1 Å². The predicted octanol–water partition coefficient (Wildman–Crippen LogP) is 4.28. The number of hydrogen-bond acceptors (Lipinski definition) is 5. The molecule has 0 saturated carbocycles. The molecule has 1 aliphatic heterocycles. The van der Waals surface area contributed by atoms with Crippen molar-refractivity contribution in [2.75, 3.05) is 11.9 Å². The lowest BCUT2D eigenvalue weighted by molar-refractivity contribution is -0.385. The van der Waals surface area contributed by atoms with E-state index in [0.29, 0.717) is 23.1 Å². The molecule has 0 radical (unpaired) electrons. The second kappa shape index (κ2) is 6.42. The molecule has 120 valence electrons. The van der Waals surface area contributed by atoms with E-state index in [1.54, 1.807) is 13.0 Å². The van der Waals surface area contributed by atoms with E-state index in [2.05, 4.69) is 10.3 Å². The van der Waals surface area contributed by atoms with Crippen molar-refractivity contribution in [1.82, 2.24) is 4.98 Å². The Balaban J connectivity index is 1.88. The summed E-state index contributed by atoms with van der Waals surface area (Å²) in [6.45, 7) is 2.27. The minimum Gasteiger partial charge on any atom is -0.493 e. The first-order chi connectivity index (χ1) is 11.0. The Morgan fingerprint density at radius 3 is 2.96 bits per heavy atom. The van der Waals surface area contributed by atoms with Gasteiger partial charge in [0.15, 0.2) is 0 Å². The summed E-state index contributed by atoms with van der Waals surface area (Å²) in [5.41, 5.74) is 1.43. The molecule has 1 aliphatic rings. The van der Waals surface area contributed by atoms with E-state index in [1.165, 1.54) is 6.07 Å². The summed E-state index contributed by atoms with van der Waals surface area (Å²) < 4.78 is 5.74. The Labute approximate surface area is 138 Å². The van der Waals surface area contributed by atoms with Crippen LogP contribution in [0.1, 0.15) is 30.1 Å². The van der Waals surface area contributed by atoms with Crippen molar-refractivity contribution in [3.8, 4) is 5.75 Å². The average Bonchev–Trinajstić information content (AvgIpc) is 2.69. The Hall–Kier alpha value is -2.34. The minimum atomic E-state index is -0.428. The smallest absolute Gasteiger partial charge is 0.290 e. The Bertz CT molecular complexity index is 751. The Kier molecular flexibility index (Phi) is 4.34. The van der Waals surface area contributed by atoms with Gasteiger partial charge >= 0.3 is 0 Å². The molecule has 1 N–H and O–H groups in total. The van der Waals surface area contributed by atoms with Crippen LogP contribution in [0.3, 0.4) is 0 Å². The van der Waals surface area contributed by atoms with Crippen LogP contribution < -0.4 is 10.1 Å². The number of nitrogens with one attached hydrogen (secondary N) is 1. The van der Waals surface area contributed by atoms with E-state index >= 15 is 0 Å². The van der Waals surface area contributed by atoms with Gasteiger partial charge in [-0.1, -0.05) is 17.7 Å². The van der Waals surface area contributed by atoms with E-state index in [4.69, 9.17) is 16.3 Å². The van der Waals surface area contributed by atoms with E-state index in [-0.39, 0.29) is 11.7 Å². The van der Waals surface area contributed by atoms with Crippen LogP contribution >= 0.6 is 11.6 Å². The number of aromatic nitrogens is 1. The standard InChI is InChI=1S/C16H16ClN3O3/c1-10-14(20(21)22)6-7-16(18-10)19-13-3-2-8-23-15-9-11(17)4-5-12(13)15/h4-7,9,13H,2-3,8H2,1H3,(H,18,19). The number of halogens is 1. The van der Waals surface area contributed by atoms with Crippen LogP contribution in [0.25, 0.3) is 0 Å². The highest BCUT2D eigenvalue weighted by molar-refractivity contribution is 6.30. The number of ether oxygens (including phenoxy) is 1. The number of fused-ring (bicyclic) bond motifs is 1. The summed E-state index contributed by atoms with van der Waals surface area (Å²) in [5.74, 6) is 1.38. The Morgan fingerprint density at radius 2 is 2.22 bits per heavy atom. The number of rotatable bonds is 3. The van der Waals surface area contributed by atoms with E-state index < -0.39 is 4.92 Å². The van der Waals surface area contributed by atoms with Crippen molar-refractivity contribution in [1.29, 1.82) is 0 Å². The van der Waals surface area contributed by atoms with Crippen molar-refractivity contribution in [2.24, 2.45) is 0 Å². The second-order valence-electron chi connectivity index (χ2n) is 5.43. The van der Waals surface area contributed by atoms with Gasteiger partial charge in [0.25, 0.3) is 5.69 Å². The van der Waals surface area contributed by atoms with Gasteiger partial charge in [-0.2, -0.15) is 0 Å². The van der Waals surface area contributed by atoms with Crippen molar-refractivity contribution in [3.05, 3.63) is 56.7 Å². The third kappa shape index (κ3) is 3.37. The molecule has 1 aromatic heterocycles. The van der Waals surface area contributed by atoms with Crippen molar-refractivity contribution in [2.45, 2.75) is 25.8 Å². The Morgan fingerprint density at radius 1 is 1.39 bits per heavy atom. The highest BCUT2D eigenvalue weighted by Gasteiger charge is 2.21. The zero-order valence-corrected chi connectivity index (χ0v) is 13.3. The lowest BCUT2D eigenvalue weighted by atomic mass is 10.0. The molecule has 0 bridgehead atoms. The summed E-state index contributed by atoms with van der Waals surface area (Å²) in [5, 5.41) is 14.9. The molecule has 0 aliphatic carbocycles. The van der Waals surface area contributed by atoms with Gasteiger partial charge in [-0.15, -0.1) is 0 Å². The maximum Gasteiger partial charge on any atom is 0.290 e. The molecular weight excluding hydrogens is 318 g/mol. The van der Waals surface area contributed by atoms with Gasteiger partial charge in [0.05, 0.1) is 17.6 Å². The number of pyridine rings is 1. The minimum absolute atomic E-state index is 0.0203. The molecule has 7 heteroatoms. The molecule has 1 atom stereocenters. The van der Waals surface area contributed by atoms with Crippen LogP contribution in [0, 0.1) is 17.0 Å². The van der Waals surface area contributed by atoms with Crippen molar-refractivity contribution < 1.29 is 9.66 Å². The fourth-order valence-electron chi connectivity index (χ4n) is 2.70. The molecule has 0 spiro atoms. The first kappa shape index (κ1) is 15.6. The van der Waals surface area contributed by atoms with Gasteiger partial charge in [-0.05, 0) is 38.0 Å². The molecule has 1 unspecified atom stereocenters. The van der Waals surface area contributed by atoms with Gasteiger partial charge in [0.1, 0.15) is 17.3 Å². The van der Waals surface area contributed by atoms with Crippen LogP contribution in [0.15, 0.2) is 30.3 Å². The van der Waals surface area contributed by atoms with Gasteiger partial charge in [0.2, 0.25) is 0 Å². The SMILES string of the molecule is Cc1nc(NC2CCCOc3cc(Cl)ccc32)ccc1[N+](=O)[O-]. The quantitative estimate of drug-likeness (QED) is 0.670. The zero-order chi connectivity index (χ0) is 16.4.